The molecule has 1 heterocycles. The Morgan fingerprint density at radius 3 is 2.65 bits per heavy atom. The first-order chi connectivity index (χ1) is 12.4. The van der Waals surface area contributed by atoms with Crippen LogP contribution in [-0.2, 0) is 16.3 Å². The number of hydrogen-bond acceptors (Lipinski definition) is 7. The summed E-state index contributed by atoms with van der Waals surface area (Å²) in [4.78, 5) is 14.9. The van der Waals surface area contributed by atoms with Crippen molar-refractivity contribution in [3.8, 4) is 0 Å². The van der Waals surface area contributed by atoms with Crippen LogP contribution in [0.1, 0.15) is 11.4 Å². The molecule has 0 spiro atoms. The number of aromatic nitrogens is 1. The summed E-state index contributed by atoms with van der Waals surface area (Å²) in [5.74, 6) is 0. The minimum Gasteiger partial charge on any atom is -0.379 e. The maximum atomic E-state index is 11.8. The quantitative estimate of drug-likeness (QED) is 0.375. The van der Waals surface area contributed by atoms with Gasteiger partial charge in [0.1, 0.15) is 10.6 Å². The molecule has 0 aliphatic carbocycles. The highest BCUT2D eigenvalue weighted by atomic mass is 32.2. The summed E-state index contributed by atoms with van der Waals surface area (Å²) in [6, 6.07) is 12.2. The van der Waals surface area contributed by atoms with Gasteiger partial charge in [0.15, 0.2) is 9.84 Å². The molecule has 0 amide bonds. The lowest BCUT2D eigenvalue weighted by molar-refractivity contribution is -0.386. The second kappa shape index (κ2) is 7.38. The fourth-order valence-corrected chi connectivity index (χ4v) is 4.51. The van der Waals surface area contributed by atoms with Crippen LogP contribution in [0.15, 0.2) is 47.4 Å². The van der Waals surface area contributed by atoms with Gasteiger partial charge in [-0.2, -0.15) is 0 Å². The molecular formula is C17H17N3O4S2. The number of rotatable bonds is 7. The van der Waals surface area contributed by atoms with Crippen LogP contribution in [-0.4, -0.2) is 31.1 Å². The Morgan fingerprint density at radius 1 is 1.19 bits per heavy atom. The smallest absolute Gasteiger partial charge is 0.310 e. The molecule has 0 fully saturated rings. The van der Waals surface area contributed by atoms with Crippen LogP contribution < -0.4 is 5.32 Å². The number of nitro benzene ring substituents is 1. The summed E-state index contributed by atoms with van der Waals surface area (Å²) in [6.07, 6.45) is 2.43. The molecule has 0 bridgehead atoms. The molecule has 7 nitrogen and oxygen atoms in total. The topological polar surface area (TPSA) is 102 Å². The van der Waals surface area contributed by atoms with Crippen molar-refractivity contribution in [1.82, 2.24) is 4.98 Å². The van der Waals surface area contributed by atoms with E-state index >= 15 is 0 Å². The highest BCUT2D eigenvalue weighted by molar-refractivity contribution is 7.90. The predicted octanol–water partition coefficient (Wildman–Crippen LogP) is 3.65. The molecule has 0 radical (unpaired) electrons. The van der Waals surface area contributed by atoms with Crippen molar-refractivity contribution in [3.05, 3.63) is 57.6 Å². The van der Waals surface area contributed by atoms with E-state index in [1.165, 1.54) is 18.2 Å². The number of hydrogen-bond donors (Lipinski definition) is 1. The number of anilines is 1. The van der Waals surface area contributed by atoms with Crippen molar-refractivity contribution in [2.45, 2.75) is 17.7 Å². The van der Waals surface area contributed by atoms with Gasteiger partial charge in [-0.15, -0.1) is 11.3 Å². The Bertz CT molecular complexity index is 1030. The Morgan fingerprint density at radius 2 is 1.96 bits per heavy atom. The molecule has 0 saturated heterocycles. The molecule has 1 N–H and O–H groups in total. The fourth-order valence-electron chi connectivity index (χ4n) is 2.64. The van der Waals surface area contributed by atoms with Crippen molar-refractivity contribution in [3.63, 3.8) is 0 Å². The zero-order chi connectivity index (χ0) is 18.7. The van der Waals surface area contributed by atoms with Crippen molar-refractivity contribution in [2.24, 2.45) is 0 Å². The van der Waals surface area contributed by atoms with Gasteiger partial charge in [-0.3, -0.25) is 10.1 Å². The van der Waals surface area contributed by atoms with Gasteiger partial charge in [-0.25, -0.2) is 13.4 Å². The van der Waals surface area contributed by atoms with E-state index in [0.717, 1.165) is 34.3 Å². The van der Waals surface area contributed by atoms with Gasteiger partial charge in [-0.1, -0.05) is 18.2 Å². The molecule has 136 valence electrons. The number of thiazole rings is 1. The van der Waals surface area contributed by atoms with E-state index in [-0.39, 0.29) is 10.6 Å². The highest BCUT2D eigenvalue weighted by Gasteiger charge is 2.25. The normalized spacial score (nSPS) is 11.6. The summed E-state index contributed by atoms with van der Waals surface area (Å²) in [6.45, 7) is 0.476. The molecule has 2 aromatic carbocycles. The van der Waals surface area contributed by atoms with E-state index in [2.05, 4.69) is 10.3 Å². The average molecular weight is 391 g/mol. The number of fused-ring (bicyclic) bond motifs is 1. The Hall–Kier alpha value is -2.52. The van der Waals surface area contributed by atoms with Gasteiger partial charge >= 0.3 is 5.69 Å². The van der Waals surface area contributed by atoms with Crippen molar-refractivity contribution < 1.29 is 13.3 Å². The zero-order valence-electron chi connectivity index (χ0n) is 14.0. The number of para-hydroxylation sites is 2. The Kier molecular flexibility index (Phi) is 5.19. The van der Waals surface area contributed by atoms with E-state index in [4.69, 9.17) is 0 Å². The van der Waals surface area contributed by atoms with Crippen LogP contribution in [0, 0.1) is 10.1 Å². The van der Waals surface area contributed by atoms with Crippen LogP contribution in [0.4, 0.5) is 11.4 Å². The Labute approximate surface area is 154 Å². The number of nitro groups is 1. The van der Waals surface area contributed by atoms with Gasteiger partial charge in [-0.05, 0) is 30.7 Å². The van der Waals surface area contributed by atoms with E-state index in [9.17, 15) is 18.5 Å². The Balaban J connectivity index is 1.69. The standard InChI is InChI=1S/C17H17N3O4S2/c1-26(23,24)15-9-4-7-13(17(15)20(21)22)18-11-5-10-16-19-12-6-2-3-8-14(12)25-16/h2-4,6-9,18H,5,10-11H2,1H3. The molecule has 0 atom stereocenters. The third-order valence-electron chi connectivity index (χ3n) is 3.80. The van der Waals surface area contributed by atoms with Crippen LogP contribution >= 0.6 is 11.3 Å². The monoisotopic (exact) mass is 391 g/mol. The summed E-state index contributed by atoms with van der Waals surface area (Å²) in [5, 5.41) is 15.3. The van der Waals surface area contributed by atoms with Gasteiger partial charge in [0, 0.05) is 19.2 Å². The van der Waals surface area contributed by atoms with Gasteiger partial charge < -0.3 is 5.32 Å². The molecule has 3 rings (SSSR count). The number of nitrogens with one attached hydrogen (secondary N) is 1. The molecule has 0 unspecified atom stereocenters. The van der Waals surface area contributed by atoms with Gasteiger partial charge in [0.25, 0.3) is 0 Å². The second-order valence-electron chi connectivity index (χ2n) is 5.79. The first kappa shape index (κ1) is 18.3. The van der Waals surface area contributed by atoms with Crippen molar-refractivity contribution >= 4 is 42.8 Å². The van der Waals surface area contributed by atoms with Gasteiger partial charge in [0.2, 0.25) is 0 Å². The lowest BCUT2D eigenvalue weighted by Gasteiger charge is -2.09. The molecule has 9 heteroatoms. The van der Waals surface area contributed by atoms with E-state index in [1.807, 2.05) is 24.3 Å². The number of benzene rings is 2. The van der Waals surface area contributed by atoms with Crippen molar-refractivity contribution in [2.75, 3.05) is 18.1 Å². The van der Waals surface area contributed by atoms with Crippen LogP contribution in [0.5, 0.6) is 0 Å². The SMILES string of the molecule is CS(=O)(=O)c1cccc(NCCCc2nc3ccccc3s2)c1[N+](=O)[O-]. The summed E-state index contributed by atoms with van der Waals surface area (Å²) in [7, 11) is -3.68. The molecule has 0 aliphatic heterocycles. The molecule has 26 heavy (non-hydrogen) atoms. The highest BCUT2D eigenvalue weighted by Crippen LogP contribution is 2.32. The van der Waals surface area contributed by atoms with E-state index in [0.29, 0.717) is 6.54 Å². The summed E-state index contributed by atoms with van der Waals surface area (Å²) >= 11 is 1.63. The molecular weight excluding hydrogens is 374 g/mol. The summed E-state index contributed by atoms with van der Waals surface area (Å²) < 4.78 is 24.7. The third-order valence-corrected chi connectivity index (χ3v) is 6.03. The van der Waals surface area contributed by atoms with Gasteiger partial charge in [0.05, 0.1) is 20.1 Å². The predicted molar refractivity (Wildman–Crippen MR) is 103 cm³/mol. The minimum absolute atomic E-state index is 0.210. The van der Waals surface area contributed by atoms with Crippen LogP contribution in [0.25, 0.3) is 10.2 Å². The first-order valence-electron chi connectivity index (χ1n) is 7.92. The van der Waals surface area contributed by atoms with E-state index < -0.39 is 20.4 Å². The third kappa shape index (κ3) is 4.00. The number of aryl methyl sites for hydroxylation is 1. The number of nitrogens with zero attached hydrogens (tertiary/aromatic N) is 2. The minimum atomic E-state index is -3.68. The lowest BCUT2D eigenvalue weighted by Crippen LogP contribution is -2.09. The van der Waals surface area contributed by atoms with Crippen molar-refractivity contribution in [1.29, 1.82) is 0 Å². The first-order valence-corrected chi connectivity index (χ1v) is 10.6. The summed E-state index contributed by atoms with van der Waals surface area (Å²) in [5.41, 5.74) is 0.772. The lowest BCUT2D eigenvalue weighted by atomic mass is 10.2. The molecule has 3 aromatic rings. The zero-order valence-corrected chi connectivity index (χ0v) is 15.6. The molecule has 0 aliphatic rings. The van der Waals surface area contributed by atoms with Crippen LogP contribution in [0.3, 0.4) is 0 Å². The van der Waals surface area contributed by atoms with Crippen LogP contribution in [0.2, 0.25) is 0 Å². The largest absolute Gasteiger partial charge is 0.379 e. The second-order valence-corrected chi connectivity index (χ2v) is 8.89. The maximum Gasteiger partial charge on any atom is 0.310 e. The number of sulfone groups is 1. The maximum absolute atomic E-state index is 11.8. The van der Waals surface area contributed by atoms with E-state index in [1.54, 1.807) is 11.3 Å². The molecule has 0 saturated carbocycles. The molecule has 1 aromatic heterocycles. The average Bonchev–Trinajstić information content (AvgIpc) is 3.00. The fraction of sp³-hybridized carbons (Fsp3) is 0.235.